The number of aliphatic hydroxyl groups excluding tert-OH is 1. The third-order valence-electron chi connectivity index (χ3n) is 6.24. The van der Waals surface area contributed by atoms with E-state index in [-0.39, 0.29) is 18.5 Å². The minimum atomic E-state index is -0.613. The van der Waals surface area contributed by atoms with Crippen LogP contribution in [-0.2, 0) is 11.3 Å². The molecule has 3 aliphatic rings. The van der Waals surface area contributed by atoms with Gasteiger partial charge in [0.1, 0.15) is 11.4 Å². The fourth-order valence-electron chi connectivity index (χ4n) is 4.50. The molecule has 1 atom stereocenters. The summed E-state index contributed by atoms with van der Waals surface area (Å²) in [6, 6.07) is -0.927. The number of carbonyl (C=O) groups is 2. The highest BCUT2D eigenvalue weighted by atomic mass is 16.3. The van der Waals surface area contributed by atoms with Crippen molar-refractivity contribution in [1.29, 1.82) is 0 Å². The zero-order valence-electron chi connectivity index (χ0n) is 16.9. The summed E-state index contributed by atoms with van der Waals surface area (Å²) in [6.45, 7) is 7.48. The molecule has 2 fully saturated rings. The van der Waals surface area contributed by atoms with Crippen molar-refractivity contribution in [2.45, 2.75) is 45.7 Å². The van der Waals surface area contributed by atoms with Gasteiger partial charge in [0.15, 0.2) is 0 Å². The first-order valence-corrected chi connectivity index (χ1v) is 10.1. The molecule has 28 heavy (non-hydrogen) atoms. The number of hydrogen-bond acceptors (Lipinski definition) is 5. The molecule has 0 aliphatic carbocycles. The molecule has 0 bridgehead atoms. The first-order valence-electron chi connectivity index (χ1n) is 10.1. The number of nitrogens with zero attached hydrogens (tertiary/aromatic N) is 6. The summed E-state index contributed by atoms with van der Waals surface area (Å²) in [5.74, 6) is 0.871. The van der Waals surface area contributed by atoms with Crippen molar-refractivity contribution in [3.63, 3.8) is 0 Å². The van der Waals surface area contributed by atoms with Crippen molar-refractivity contribution in [2.24, 2.45) is 4.99 Å². The number of carbonyl (C=O) groups excluding carboxylic acids is 2. The number of amides is 3. The molecular weight excluding hydrogens is 360 g/mol. The number of rotatable bonds is 5. The lowest BCUT2D eigenvalue weighted by Gasteiger charge is -2.35. The topological polar surface area (TPSA) is 85.3 Å². The minimum Gasteiger partial charge on any atom is -0.393 e. The number of hydrogen-bond donors (Lipinski definition) is 1. The minimum absolute atomic E-state index is 0.0118. The summed E-state index contributed by atoms with van der Waals surface area (Å²) >= 11 is 0. The molecule has 1 N–H and O–H groups in total. The van der Waals surface area contributed by atoms with E-state index in [0.717, 1.165) is 24.5 Å². The van der Waals surface area contributed by atoms with E-state index in [1.807, 2.05) is 23.0 Å². The van der Waals surface area contributed by atoms with E-state index < -0.39 is 6.04 Å². The Labute approximate surface area is 164 Å². The van der Waals surface area contributed by atoms with Crippen LogP contribution in [0.4, 0.5) is 10.7 Å². The average molecular weight is 389 g/mol. The maximum Gasteiger partial charge on any atom is 0.402 e. The quantitative estimate of drug-likeness (QED) is 0.737. The van der Waals surface area contributed by atoms with E-state index in [1.165, 1.54) is 29.1 Å². The fraction of sp³-hybridized carbons (Fsp3) is 0.684. The van der Waals surface area contributed by atoms with Crippen LogP contribution in [0.3, 0.4) is 0 Å². The molecule has 1 aromatic heterocycles. The predicted octanol–water partition coefficient (Wildman–Crippen LogP) is 0.349. The number of likely N-dealkylation sites (tertiary alicyclic amines) is 1. The Kier molecular flexibility index (Phi) is 4.96. The van der Waals surface area contributed by atoms with Crippen molar-refractivity contribution in [3.05, 3.63) is 11.4 Å². The number of fused-ring (bicyclic) bond motifs is 3. The summed E-state index contributed by atoms with van der Waals surface area (Å²) in [7, 11) is 1.68. The molecule has 2 saturated heterocycles. The van der Waals surface area contributed by atoms with Gasteiger partial charge in [-0.3, -0.25) is 14.6 Å². The summed E-state index contributed by atoms with van der Waals surface area (Å²) in [5, 5.41) is 9.40. The van der Waals surface area contributed by atoms with Gasteiger partial charge in [-0.25, -0.2) is 13.9 Å². The second-order valence-electron chi connectivity index (χ2n) is 7.82. The van der Waals surface area contributed by atoms with Crippen LogP contribution in [0.15, 0.2) is 4.99 Å². The molecule has 0 spiro atoms. The van der Waals surface area contributed by atoms with Gasteiger partial charge in [0, 0.05) is 20.1 Å². The second kappa shape index (κ2) is 7.29. The van der Waals surface area contributed by atoms with Gasteiger partial charge in [0.05, 0.1) is 13.2 Å². The van der Waals surface area contributed by atoms with Crippen molar-refractivity contribution >= 4 is 23.7 Å². The number of imide groups is 1. The Morgan fingerprint density at radius 1 is 1.14 bits per heavy atom. The van der Waals surface area contributed by atoms with Crippen molar-refractivity contribution in [1.82, 2.24) is 19.3 Å². The molecule has 4 heterocycles. The second-order valence-corrected chi connectivity index (χ2v) is 7.82. The normalized spacial score (nSPS) is 22.6. The number of aromatic nitrogens is 2. The predicted molar refractivity (Wildman–Crippen MR) is 102 cm³/mol. The summed E-state index contributed by atoms with van der Waals surface area (Å²) in [4.78, 5) is 36.0. The molecule has 9 heteroatoms. The van der Waals surface area contributed by atoms with Gasteiger partial charge in [-0.05, 0) is 39.8 Å². The Balaban J connectivity index is 1.63. The zero-order chi connectivity index (χ0) is 20.0. The van der Waals surface area contributed by atoms with Gasteiger partial charge in [0.25, 0.3) is 5.91 Å². The maximum atomic E-state index is 13.3. The Morgan fingerprint density at radius 3 is 2.54 bits per heavy atom. The van der Waals surface area contributed by atoms with Gasteiger partial charge in [-0.2, -0.15) is 0 Å². The van der Waals surface area contributed by atoms with Gasteiger partial charge in [-0.1, -0.05) is 11.4 Å². The highest BCUT2D eigenvalue weighted by Gasteiger charge is 2.54. The SMILES string of the molecule is Cc1c(C)[n+](CCO)c2n1C1C(=O)N(CCN3CCCCC3)C(=O)N(C)C1=N2. The van der Waals surface area contributed by atoms with Crippen molar-refractivity contribution in [2.75, 3.05) is 39.8 Å². The number of urea groups is 1. The number of imidazole rings is 1. The molecule has 0 radical (unpaired) electrons. The van der Waals surface area contributed by atoms with E-state index in [9.17, 15) is 14.7 Å². The van der Waals surface area contributed by atoms with Crippen LogP contribution >= 0.6 is 0 Å². The zero-order valence-corrected chi connectivity index (χ0v) is 16.9. The van der Waals surface area contributed by atoms with Gasteiger partial charge in [0.2, 0.25) is 11.9 Å². The standard InChI is InChI=1S/C19H29N6O3/c1-13-14(2)25-15-16(20-18(25)23(13)11-12-26)21(3)19(28)24(17(15)27)10-9-22-7-5-4-6-8-22/h15,26H,4-12H2,1-3H3/q+1. The Bertz CT molecular complexity index is 839. The largest absolute Gasteiger partial charge is 0.402 e. The molecule has 1 aromatic rings. The summed E-state index contributed by atoms with van der Waals surface area (Å²) in [5.41, 5.74) is 1.90. The van der Waals surface area contributed by atoms with E-state index in [1.54, 1.807) is 7.05 Å². The van der Waals surface area contributed by atoms with Crippen LogP contribution in [0.1, 0.15) is 36.7 Å². The lowest BCUT2D eigenvalue weighted by Crippen LogP contribution is -2.59. The molecule has 3 amide bonds. The van der Waals surface area contributed by atoms with Gasteiger partial charge in [-0.15, -0.1) is 0 Å². The molecule has 152 valence electrons. The Hall–Kier alpha value is -2.26. The van der Waals surface area contributed by atoms with Crippen molar-refractivity contribution in [3.8, 4) is 0 Å². The first-order chi connectivity index (χ1) is 13.5. The molecule has 3 aliphatic heterocycles. The third-order valence-corrected chi connectivity index (χ3v) is 6.24. The number of piperidine rings is 1. The smallest absolute Gasteiger partial charge is 0.393 e. The molecule has 4 rings (SSSR count). The van der Waals surface area contributed by atoms with Crippen LogP contribution < -0.4 is 4.57 Å². The first kappa shape index (κ1) is 19.1. The number of likely N-dealkylation sites (N-methyl/N-ethyl adjacent to an activating group) is 1. The number of amidine groups is 1. The van der Waals surface area contributed by atoms with E-state index >= 15 is 0 Å². The van der Waals surface area contributed by atoms with E-state index in [0.29, 0.717) is 31.4 Å². The molecular formula is C19H29N6O3+. The number of aliphatic hydroxyl groups is 1. The highest BCUT2D eigenvalue weighted by molar-refractivity contribution is 6.20. The van der Waals surface area contributed by atoms with Gasteiger partial charge >= 0.3 is 12.0 Å². The number of aliphatic imine (C=N–C) groups is 1. The molecule has 0 saturated carbocycles. The van der Waals surface area contributed by atoms with Crippen LogP contribution in [0, 0.1) is 13.8 Å². The van der Waals surface area contributed by atoms with Crippen LogP contribution in [0.25, 0.3) is 0 Å². The van der Waals surface area contributed by atoms with Crippen LogP contribution in [-0.4, -0.2) is 82.0 Å². The van der Waals surface area contributed by atoms with Crippen molar-refractivity contribution < 1.29 is 19.3 Å². The highest BCUT2D eigenvalue weighted by Crippen LogP contribution is 2.35. The third kappa shape index (κ3) is 2.84. The maximum absolute atomic E-state index is 13.3. The lowest BCUT2D eigenvalue weighted by molar-refractivity contribution is -0.690. The van der Waals surface area contributed by atoms with Gasteiger partial charge < -0.3 is 10.0 Å². The molecule has 0 aromatic carbocycles. The van der Waals surface area contributed by atoms with Crippen LogP contribution in [0.5, 0.6) is 0 Å². The van der Waals surface area contributed by atoms with Crippen LogP contribution in [0.2, 0.25) is 0 Å². The summed E-state index contributed by atoms with van der Waals surface area (Å²) < 4.78 is 3.81. The molecule has 9 nitrogen and oxygen atoms in total. The van der Waals surface area contributed by atoms with E-state index in [2.05, 4.69) is 9.89 Å². The summed E-state index contributed by atoms with van der Waals surface area (Å²) in [6.07, 6.45) is 3.61. The lowest BCUT2D eigenvalue weighted by atomic mass is 10.1. The van der Waals surface area contributed by atoms with E-state index in [4.69, 9.17) is 0 Å². The monoisotopic (exact) mass is 389 g/mol. The Morgan fingerprint density at radius 2 is 1.86 bits per heavy atom. The fourth-order valence-corrected chi connectivity index (χ4v) is 4.50. The molecule has 1 unspecified atom stereocenters. The average Bonchev–Trinajstić information content (AvgIpc) is 3.19.